The third-order valence-corrected chi connectivity index (χ3v) is 3.14. The van der Waals surface area contributed by atoms with Gasteiger partial charge in [-0.3, -0.25) is 0 Å². The Kier molecular flexibility index (Phi) is 4.36. The van der Waals surface area contributed by atoms with Crippen molar-refractivity contribution in [1.82, 2.24) is 9.97 Å². The lowest BCUT2D eigenvalue weighted by molar-refractivity contribution is 0.178. The molecule has 1 saturated heterocycles. The van der Waals surface area contributed by atoms with E-state index in [1.54, 1.807) is 7.11 Å². The molecule has 2 heterocycles. The van der Waals surface area contributed by atoms with Crippen LogP contribution in [0.4, 0.5) is 11.6 Å². The van der Waals surface area contributed by atoms with Crippen LogP contribution in [-0.2, 0) is 11.3 Å². The van der Waals surface area contributed by atoms with E-state index in [1.165, 1.54) is 6.42 Å². The zero-order valence-corrected chi connectivity index (χ0v) is 11.4. The van der Waals surface area contributed by atoms with Crippen LogP contribution in [0.25, 0.3) is 0 Å². The Balaban J connectivity index is 2.21. The average Bonchev–Trinajstić information content (AvgIpc) is 2.76. The topological polar surface area (TPSA) is 50.3 Å². The molecule has 5 nitrogen and oxygen atoms in total. The van der Waals surface area contributed by atoms with Crippen LogP contribution in [0.15, 0.2) is 6.07 Å². The summed E-state index contributed by atoms with van der Waals surface area (Å²) in [6.45, 7) is 7.82. The van der Waals surface area contributed by atoms with Gasteiger partial charge in [-0.05, 0) is 19.3 Å². The molecule has 1 N–H and O–H groups in total. The van der Waals surface area contributed by atoms with E-state index in [1.807, 2.05) is 6.07 Å². The number of hydrogen-bond acceptors (Lipinski definition) is 5. The second-order valence-corrected chi connectivity index (χ2v) is 4.83. The Labute approximate surface area is 109 Å². The number of methoxy groups -OCH3 is 1. The predicted molar refractivity (Wildman–Crippen MR) is 72.9 cm³/mol. The van der Waals surface area contributed by atoms with Crippen LogP contribution in [0.1, 0.15) is 26.1 Å². The Bertz CT molecular complexity index is 372. The summed E-state index contributed by atoms with van der Waals surface area (Å²) in [5.74, 6) is 3.38. The third-order valence-electron chi connectivity index (χ3n) is 3.14. The number of aromatic nitrogens is 2. The van der Waals surface area contributed by atoms with Crippen molar-refractivity contribution in [3.8, 4) is 0 Å². The highest BCUT2D eigenvalue weighted by atomic mass is 16.5. The van der Waals surface area contributed by atoms with Gasteiger partial charge in [0, 0.05) is 32.8 Å². The van der Waals surface area contributed by atoms with Crippen molar-refractivity contribution >= 4 is 11.6 Å². The van der Waals surface area contributed by atoms with Crippen molar-refractivity contribution in [1.29, 1.82) is 0 Å². The summed E-state index contributed by atoms with van der Waals surface area (Å²) in [5.41, 5.74) is 0. The zero-order chi connectivity index (χ0) is 13.0. The number of hydrogen-bond donors (Lipinski definition) is 1. The molecule has 1 aromatic rings. The quantitative estimate of drug-likeness (QED) is 0.865. The Hall–Kier alpha value is -1.36. The molecule has 100 valence electrons. The summed E-state index contributed by atoms with van der Waals surface area (Å²) in [7, 11) is 1.67. The largest absolute Gasteiger partial charge is 0.377 e. The van der Waals surface area contributed by atoms with Gasteiger partial charge in [-0.1, -0.05) is 6.92 Å². The number of nitrogens with one attached hydrogen (secondary N) is 1. The first-order valence-corrected chi connectivity index (χ1v) is 6.58. The van der Waals surface area contributed by atoms with Gasteiger partial charge >= 0.3 is 0 Å². The van der Waals surface area contributed by atoms with Crippen molar-refractivity contribution < 1.29 is 4.74 Å². The Morgan fingerprint density at radius 1 is 1.50 bits per heavy atom. The van der Waals surface area contributed by atoms with Crippen LogP contribution in [0.2, 0.25) is 0 Å². The SMILES string of the molecule is CCNc1cc(N2CCC(C)C2)nc(COC)n1. The van der Waals surface area contributed by atoms with E-state index in [0.29, 0.717) is 6.61 Å². The molecule has 0 aliphatic carbocycles. The summed E-state index contributed by atoms with van der Waals surface area (Å²) in [6, 6.07) is 2.03. The minimum Gasteiger partial charge on any atom is -0.377 e. The molecule has 1 aliphatic heterocycles. The highest BCUT2D eigenvalue weighted by Crippen LogP contribution is 2.23. The Morgan fingerprint density at radius 2 is 2.33 bits per heavy atom. The van der Waals surface area contributed by atoms with Gasteiger partial charge in [-0.15, -0.1) is 0 Å². The second kappa shape index (κ2) is 6.00. The van der Waals surface area contributed by atoms with E-state index >= 15 is 0 Å². The average molecular weight is 250 g/mol. The number of rotatable bonds is 5. The van der Waals surface area contributed by atoms with E-state index < -0.39 is 0 Å². The molecule has 0 spiro atoms. The van der Waals surface area contributed by atoms with Crippen LogP contribution in [0.5, 0.6) is 0 Å². The molecule has 1 fully saturated rings. The van der Waals surface area contributed by atoms with Crippen molar-refractivity contribution in [2.75, 3.05) is 37.0 Å². The van der Waals surface area contributed by atoms with Crippen molar-refractivity contribution in [3.63, 3.8) is 0 Å². The van der Waals surface area contributed by atoms with E-state index in [-0.39, 0.29) is 0 Å². The van der Waals surface area contributed by atoms with Gasteiger partial charge in [-0.2, -0.15) is 0 Å². The van der Waals surface area contributed by atoms with Crippen LogP contribution in [0, 0.1) is 5.92 Å². The summed E-state index contributed by atoms with van der Waals surface area (Å²) in [6.07, 6.45) is 1.24. The van der Waals surface area contributed by atoms with Gasteiger partial charge < -0.3 is 15.0 Å². The molecular formula is C13H22N4O. The molecule has 0 bridgehead atoms. The van der Waals surface area contributed by atoms with Crippen LogP contribution in [0.3, 0.4) is 0 Å². The van der Waals surface area contributed by atoms with Crippen LogP contribution in [-0.4, -0.2) is 36.7 Å². The zero-order valence-electron chi connectivity index (χ0n) is 11.4. The summed E-state index contributed by atoms with van der Waals surface area (Å²) in [4.78, 5) is 11.3. The number of ether oxygens (including phenoxy) is 1. The minimum absolute atomic E-state index is 0.454. The highest BCUT2D eigenvalue weighted by molar-refractivity contribution is 5.50. The molecule has 1 aliphatic rings. The monoisotopic (exact) mass is 250 g/mol. The van der Waals surface area contributed by atoms with E-state index in [4.69, 9.17) is 4.74 Å². The molecule has 0 radical (unpaired) electrons. The van der Waals surface area contributed by atoms with Crippen LogP contribution < -0.4 is 10.2 Å². The fourth-order valence-corrected chi connectivity index (χ4v) is 2.25. The summed E-state index contributed by atoms with van der Waals surface area (Å²) in [5, 5.41) is 3.25. The third kappa shape index (κ3) is 3.10. The van der Waals surface area contributed by atoms with E-state index in [2.05, 4.69) is 34.0 Å². The molecular weight excluding hydrogens is 228 g/mol. The minimum atomic E-state index is 0.454. The molecule has 1 aromatic heterocycles. The maximum atomic E-state index is 5.13. The second-order valence-electron chi connectivity index (χ2n) is 4.83. The number of anilines is 2. The first-order chi connectivity index (χ1) is 8.72. The van der Waals surface area contributed by atoms with Crippen molar-refractivity contribution in [2.45, 2.75) is 26.9 Å². The summed E-state index contributed by atoms with van der Waals surface area (Å²) < 4.78 is 5.13. The smallest absolute Gasteiger partial charge is 0.158 e. The highest BCUT2D eigenvalue weighted by Gasteiger charge is 2.20. The molecule has 0 amide bonds. The van der Waals surface area contributed by atoms with Gasteiger partial charge in [0.1, 0.15) is 18.2 Å². The Morgan fingerprint density at radius 3 is 2.94 bits per heavy atom. The lowest BCUT2D eigenvalue weighted by atomic mass is 10.2. The molecule has 2 rings (SSSR count). The normalized spacial score (nSPS) is 19.3. The predicted octanol–water partition coefficient (Wildman–Crippen LogP) is 1.90. The molecule has 0 aromatic carbocycles. The van der Waals surface area contributed by atoms with E-state index in [0.717, 1.165) is 43.0 Å². The first kappa shape index (κ1) is 13.1. The molecule has 1 unspecified atom stereocenters. The maximum absolute atomic E-state index is 5.13. The fraction of sp³-hybridized carbons (Fsp3) is 0.692. The van der Waals surface area contributed by atoms with Crippen molar-refractivity contribution in [3.05, 3.63) is 11.9 Å². The van der Waals surface area contributed by atoms with Gasteiger partial charge in [0.25, 0.3) is 0 Å². The molecule has 18 heavy (non-hydrogen) atoms. The van der Waals surface area contributed by atoms with Crippen molar-refractivity contribution in [2.24, 2.45) is 5.92 Å². The van der Waals surface area contributed by atoms with Crippen LogP contribution >= 0.6 is 0 Å². The van der Waals surface area contributed by atoms with Gasteiger partial charge in [-0.25, -0.2) is 9.97 Å². The molecule has 0 saturated carbocycles. The maximum Gasteiger partial charge on any atom is 0.158 e. The number of nitrogens with zero attached hydrogens (tertiary/aromatic N) is 3. The fourth-order valence-electron chi connectivity index (χ4n) is 2.25. The van der Waals surface area contributed by atoms with E-state index in [9.17, 15) is 0 Å². The molecule has 5 heteroatoms. The van der Waals surface area contributed by atoms with Gasteiger partial charge in [0.15, 0.2) is 5.82 Å². The standard InChI is InChI=1S/C13H22N4O/c1-4-14-11-7-13(16-12(15-11)9-18-3)17-6-5-10(2)8-17/h7,10H,4-6,8-9H2,1-3H3,(H,14,15,16). The van der Waals surface area contributed by atoms with Gasteiger partial charge in [0.05, 0.1) is 0 Å². The lowest BCUT2D eigenvalue weighted by Crippen LogP contribution is -2.21. The van der Waals surface area contributed by atoms with Gasteiger partial charge in [0.2, 0.25) is 0 Å². The summed E-state index contributed by atoms with van der Waals surface area (Å²) >= 11 is 0. The lowest BCUT2D eigenvalue weighted by Gasteiger charge is -2.18. The molecule has 1 atom stereocenters. The first-order valence-electron chi connectivity index (χ1n) is 6.58.